The Kier molecular flexibility index (Phi) is 2.05. The Bertz CT molecular complexity index is 240. The predicted octanol–water partition coefficient (Wildman–Crippen LogP) is 1.95. The maximum Gasteiger partial charge on any atom is 0.180 e. The van der Waals surface area contributed by atoms with E-state index in [0.717, 1.165) is 0 Å². The summed E-state index contributed by atoms with van der Waals surface area (Å²) in [4.78, 5) is 4.28. The third-order valence-electron chi connectivity index (χ3n) is 1.89. The molecule has 1 aromatic rings. The second-order valence-electron chi connectivity index (χ2n) is 2.67. The molecule has 1 atom stereocenters. The lowest BCUT2D eigenvalue weighted by atomic mass is 10.1. The monoisotopic (exact) mass is 186 g/mol. The van der Waals surface area contributed by atoms with Crippen LogP contribution >= 0.6 is 23.1 Å². The van der Waals surface area contributed by atoms with Gasteiger partial charge in [0.15, 0.2) is 5.13 Å². The highest BCUT2D eigenvalue weighted by molar-refractivity contribution is 7.99. The summed E-state index contributed by atoms with van der Waals surface area (Å²) in [6, 6.07) is 0. The van der Waals surface area contributed by atoms with Crippen LogP contribution in [0.3, 0.4) is 0 Å². The average Bonchev–Trinajstić information content (AvgIpc) is 2.55. The van der Waals surface area contributed by atoms with Crippen LogP contribution in [0.2, 0.25) is 0 Å². The molecule has 1 aliphatic heterocycles. The minimum absolute atomic E-state index is 0.675. The van der Waals surface area contributed by atoms with Gasteiger partial charge in [0, 0.05) is 17.1 Å². The Morgan fingerprint density at radius 3 is 3.09 bits per heavy atom. The predicted molar refractivity (Wildman–Crippen MR) is 51.2 cm³/mol. The SMILES string of the molecule is Nc1nc(C2CCSC2)cs1. The van der Waals surface area contributed by atoms with E-state index in [9.17, 15) is 0 Å². The van der Waals surface area contributed by atoms with Gasteiger partial charge in [-0.3, -0.25) is 0 Å². The van der Waals surface area contributed by atoms with Gasteiger partial charge in [0.25, 0.3) is 0 Å². The standard InChI is InChI=1S/C7H10N2S2/c8-7-9-6(4-11-7)5-1-2-10-3-5/h4-5H,1-3H2,(H2,8,9). The summed E-state index contributed by atoms with van der Waals surface area (Å²) in [6.45, 7) is 0. The lowest BCUT2D eigenvalue weighted by Gasteiger charge is -2.01. The molecule has 0 spiro atoms. The molecule has 0 aromatic carbocycles. The molecule has 1 saturated heterocycles. The smallest absolute Gasteiger partial charge is 0.180 e. The number of aromatic nitrogens is 1. The van der Waals surface area contributed by atoms with E-state index in [1.165, 1.54) is 23.6 Å². The maximum absolute atomic E-state index is 5.55. The summed E-state index contributed by atoms with van der Waals surface area (Å²) < 4.78 is 0. The van der Waals surface area contributed by atoms with E-state index in [0.29, 0.717) is 11.0 Å². The molecule has 1 unspecified atom stereocenters. The van der Waals surface area contributed by atoms with Crippen LogP contribution in [0.25, 0.3) is 0 Å². The van der Waals surface area contributed by atoms with Gasteiger partial charge < -0.3 is 5.73 Å². The quantitative estimate of drug-likeness (QED) is 0.728. The molecule has 2 N–H and O–H groups in total. The van der Waals surface area contributed by atoms with Gasteiger partial charge in [0.1, 0.15) is 0 Å². The highest BCUT2D eigenvalue weighted by atomic mass is 32.2. The zero-order valence-corrected chi connectivity index (χ0v) is 7.75. The van der Waals surface area contributed by atoms with E-state index in [1.807, 2.05) is 11.8 Å². The summed E-state index contributed by atoms with van der Waals surface area (Å²) in [5, 5.41) is 2.79. The van der Waals surface area contributed by atoms with Crippen LogP contribution in [0, 0.1) is 0 Å². The van der Waals surface area contributed by atoms with Crippen LogP contribution in [-0.2, 0) is 0 Å². The Hall–Kier alpha value is -0.220. The van der Waals surface area contributed by atoms with Gasteiger partial charge in [-0.25, -0.2) is 4.98 Å². The van der Waals surface area contributed by atoms with Gasteiger partial charge in [-0.05, 0) is 12.2 Å². The first-order chi connectivity index (χ1) is 5.36. The van der Waals surface area contributed by atoms with Gasteiger partial charge in [-0.15, -0.1) is 11.3 Å². The number of anilines is 1. The summed E-state index contributed by atoms with van der Waals surface area (Å²) in [6.07, 6.45) is 1.27. The lowest BCUT2D eigenvalue weighted by molar-refractivity contribution is 0.760. The largest absolute Gasteiger partial charge is 0.375 e. The number of rotatable bonds is 1. The molecule has 2 nitrogen and oxygen atoms in total. The van der Waals surface area contributed by atoms with E-state index in [2.05, 4.69) is 10.4 Å². The second kappa shape index (κ2) is 3.03. The van der Waals surface area contributed by atoms with E-state index < -0.39 is 0 Å². The van der Waals surface area contributed by atoms with E-state index in [-0.39, 0.29) is 0 Å². The van der Waals surface area contributed by atoms with Crippen molar-refractivity contribution in [2.45, 2.75) is 12.3 Å². The van der Waals surface area contributed by atoms with E-state index >= 15 is 0 Å². The van der Waals surface area contributed by atoms with Crippen molar-refractivity contribution in [2.24, 2.45) is 0 Å². The van der Waals surface area contributed by atoms with Crippen LogP contribution in [0.15, 0.2) is 5.38 Å². The summed E-state index contributed by atoms with van der Waals surface area (Å²) in [5.41, 5.74) is 6.75. The Labute approximate surface area is 74.2 Å². The van der Waals surface area contributed by atoms with Crippen molar-refractivity contribution in [3.05, 3.63) is 11.1 Å². The molecular weight excluding hydrogens is 176 g/mol. The van der Waals surface area contributed by atoms with Gasteiger partial charge >= 0.3 is 0 Å². The highest BCUT2D eigenvalue weighted by Crippen LogP contribution is 2.32. The number of nitrogens with zero attached hydrogens (tertiary/aromatic N) is 1. The zero-order valence-electron chi connectivity index (χ0n) is 6.12. The first-order valence-corrected chi connectivity index (χ1v) is 5.68. The molecule has 60 valence electrons. The molecule has 0 bridgehead atoms. The fourth-order valence-corrected chi connectivity index (χ4v) is 3.14. The molecule has 11 heavy (non-hydrogen) atoms. The number of nitrogen functional groups attached to an aromatic ring is 1. The molecule has 1 fully saturated rings. The van der Waals surface area contributed by atoms with Crippen molar-refractivity contribution in [3.63, 3.8) is 0 Å². The van der Waals surface area contributed by atoms with Gasteiger partial charge in [-0.1, -0.05) is 0 Å². The van der Waals surface area contributed by atoms with Crippen molar-refractivity contribution in [1.82, 2.24) is 4.98 Å². The topological polar surface area (TPSA) is 38.9 Å². The third kappa shape index (κ3) is 1.51. The fourth-order valence-electron chi connectivity index (χ4n) is 1.26. The van der Waals surface area contributed by atoms with Crippen molar-refractivity contribution in [3.8, 4) is 0 Å². The van der Waals surface area contributed by atoms with Crippen molar-refractivity contribution >= 4 is 28.2 Å². The molecule has 1 aliphatic rings. The van der Waals surface area contributed by atoms with Crippen LogP contribution in [0.4, 0.5) is 5.13 Å². The van der Waals surface area contributed by atoms with Gasteiger partial charge in [0.05, 0.1) is 5.69 Å². The number of hydrogen-bond acceptors (Lipinski definition) is 4. The number of nitrogens with two attached hydrogens (primary N) is 1. The first-order valence-electron chi connectivity index (χ1n) is 3.65. The number of thioether (sulfide) groups is 1. The second-order valence-corrected chi connectivity index (χ2v) is 4.71. The molecule has 0 amide bonds. The molecule has 0 saturated carbocycles. The number of hydrogen-bond donors (Lipinski definition) is 1. The molecule has 4 heteroatoms. The van der Waals surface area contributed by atoms with E-state index in [4.69, 9.17) is 5.73 Å². The maximum atomic E-state index is 5.55. The van der Waals surface area contributed by atoms with Crippen LogP contribution in [0.1, 0.15) is 18.0 Å². The lowest BCUT2D eigenvalue weighted by Crippen LogP contribution is -1.96. The molecule has 2 rings (SSSR count). The van der Waals surface area contributed by atoms with Gasteiger partial charge in [-0.2, -0.15) is 11.8 Å². The van der Waals surface area contributed by atoms with Crippen molar-refractivity contribution in [1.29, 1.82) is 0 Å². The molecular formula is C7H10N2S2. The highest BCUT2D eigenvalue weighted by Gasteiger charge is 2.19. The van der Waals surface area contributed by atoms with Crippen LogP contribution in [0.5, 0.6) is 0 Å². The molecule has 0 radical (unpaired) electrons. The average molecular weight is 186 g/mol. The van der Waals surface area contributed by atoms with Crippen molar-refractivity contribution in [2.75, 3.05) is 17.2 Å². The number of thiazole rings is 1. The summed E-state index contributed by atoms with van der Waals surface area (Å²) in [7, 11) is 0. The third-order valence-corrected chi connectivity index (χ3v) is 3.74. The Morgan fingerprint density at radius 2 is 2.55 bits per heavy atom. The normalized spacial score (nSPS) is 24.2. The van der Waals surface area contributed by atoms with E-state index in [1.54, 1.807) is 11.3 Å². The summed E-state index contributed by atoms with van der Waals surface area (Å²) in [5.74, 6) is 3.18. The van der Waals surface area contributed by atoms with Crippen LogP contribution in [-0.4, -0.2) is 16.5 Å². The summed E-state index contributed by atoms with van der Waals surface area (Å²) >= 11 is 3.56. The van der Waals surface area contributed by atoms with Crippen LogP contribution < -0.4 is 5.73 Å². The minimum Gasteiger partial charge on any atom is -0.375 e. The minimum atomic E-state index is 0.675. The Balaban J connectivity index is 2.15. The first kappa shape index (κ1) is 7.43. The molecule has 2 heterocycles. The molecule has 0 aliphatic carbocycles. The zero-order chi connectivity index (χ0) is 7.68. The Morgan fingerprint density at radius 1 is 1.64 bits per heavy atom. The fraction of sp³-hybridized carbons (Fsp3) is 0.571. The van der Waals surface area contributed by atoms with Gasteiger partial charge in [0.2, 0.25) is 0 Å². The molecule has 1 aromatic heterocycles. The van der Waals surface area contributed by atoms with Crippen molar-refractivity contribution < 1.29 is 0 Å².